The Morgan fingerprint density at radius 1 is 1.21 bits per heavy atom. The van der Waals surface area contributed by atoms with Crippen LogP contribution in [0.15, 0.2) is 46.9 Å². The second kappa shape index (κ2) is 5.83. The summed E-state index contributed by atoms with van der Waals surface area (Å²) in [6.07, 6.45) is -4.95. The average Bonchev–Trinajstić information content (AvgIpc) is 2.95. The lowest BCUT2D eigenvalue weighted by molar-refractivity contribution is -0.170. The van der Waals surface area contributed by atoms with Crippen molar-refractivity contribution < 1.29 is 22.4 Å². The summed E-state index contributed by atoms with van der Waals surface area (Å²) in [4.78, 5) is 16.1. The second-order valence-corrected chi connectivity index (χ2v) is 5.42. The molecule has 0 spiro atoms. The molecule has 1 amide bonds. The summed E-state index contributed by atoms with van der Waals surface area (Å²) in [5.41, 5.74) is 1.33. The van der Waals surface area contributed by atoms with Gasteiger partial charge in [0.25, 0.3) is 0 Å². The van der Waals surface area contributed by atoms with Gasteiger partial charge >= 0.3 is 12.1 Å². The van der Waals surface area contributed by atoms with Crippen LogP contribution >= 0.6 is 11.6 Å². The van der Waals surface area contributed by atoms with Crippen molar-refractivity contribution >= 4 is 34.3 Å². The molecule has 2 aromatic carbocycles. The topological polar surface area (TPSA) is 46.3 Å². The first kappa shape index (κ1) is 16.3. The van der Waals surface area contributed by atoms with Crippen LogP contribution in [-0.2, 0) is 4.79 Å². The van der Waals surface area contributed by atoms with E-state index in [-0.39, 0.29) is 11.6 Å². The molecule has 0 aliphatic carbocycles. The number of aromatic nitrogens is 1. The van der Waals surface area contributed by atoms with Gasteiger partial charge in [-0.05, 0) is 30.3 Å². The SMILES string of the molecule is CN(C(=O)C(F)(F)F)c1ccc2oc(-c3ccccc3Cl)nc2c1. The van der Waals surface area contributed by atoms with E-state index in [2.05, 4.69) is 4.98 Å². The molecule has 0 radical (unpaired) electrons. The fraction of sp³-hybridized carbons (Fsp3) is 0.125. The van der Waals surface area contributed by atoms with Crippen molar-refractivity contribution in [3.63, 3.8) is 0 Å². The van der Waals surface area contributed by atoms with Gasteiger partial charge in [-0.3, -0.25) is 4.79 Å². The molecule has 0 saturated carbocycles. The van der Waals surface area contributed by atoms with Gasteiger partial charge < -0.3 is 9.32 Å². The summed E-state index contributed by atoms with van der Waals surface area (Å²) in [5, 5.41) is 0.439. The highest BCUT2D eigenvalue weighted by Gasteiger charge is 2.41. The van der Waals surface area contributed by atoms with E-state index in [9.17, 15) is 18.0 Å². The Morgan fingerprint density at radius 2 is 1.92 bits per heavy atom. The van der Waals surface area contributed by atoms with Crippen molar-refractivity contribution in [2.75, 3.05) is 11.9 Å². The molecule has 24 heavy (non-hydrogen) atoms. The normalized spacial score (nSPS) is 11.7. The van der Waals surface area contributed by atoms with E-state index in [1.54, 1.807) is 24.3 Å². The third-order valence-electron chi connectivity index (χ3n) is 3.41. The number of nitrogens with zero attached hydrogens (tertiary/aromatic N) is 2. The second-order valence-electron chi connectivity index (χ2n) is 5.01. The van der Waals surface area contributed by atoms with Crippen molar-refractivity contribution in [1.82, 2.24) is 4.98 Å². The van der Waals surface area contributed by atoms with E-state index in [0.717, 1.165) is 7.05 Å². The van der Waals surface area contributed by atoms with Crippen molar-refractivity contribution in [1.29, 1.82) is 0 Å². The van der Waals surface area contributed by atoms with Gasteiger partial charge in [0.05, 0.1) is 10.6 Å². The molecular formula is C16H10ClF3N2O2. The number of hydrogen-bond acceptors (Lipinski definition) is 3. The van der Waals surface area contributed by atoms with Crippen molar-refractivity contribution in [3.8, 4) is 11.5 Å². The number of anilines is 1. The molecule has 8 heteroatoms. The van der Waals surface area contributed by atoms with Crippen LogP contribution in [0.2, 0.25) is 5.02 Å². The highest BCUT2D eigenvalue weighted by molar-refractivity contribution is 6.33. The third-order valence-corrected chi connectivity index (χ3v) is 3.74. The molecule has 0 aliphatic rings. The van der Waals surface area contributed by atoms with Gasteiger partial charge in [-0.15, -0.1) is 0 Å². The minimum atomic E-state index is -4.95. The minimum absolute atomic E-state index is 0.0591. The van der Waals surface area contributed by atoms with Crippen LogP contribution in [0.1, 0.15) is 0 Å². The first-order valence-corrected chi connectivity index (χ1v) is 7.15. The number of benzene rings is 2. The van der Waals surface area contributed by atoms with Crippen molar-refractivity contribution in [3.05, 3.63) is 47.5 Å². The highest BCUT2D eigenvalue weighted by atomic mass is 35.5. The lowest BCUT2D eigenvalue weighted by atomic mass is 10.2. The van der Waals surface area contributed by atoms with Crippen LogP contribution in [0, 0.1) is 0 Å². The molecule has 0 bridgehead atoms. The standard InChI is InChI=1S/C16H10ClF3N2O2/c1-22(15(23)16(18,19)20)9-6-7-13-12(8-9)21-14(24-13)10-4-2-3-5-11(10)17/h2-8H,1H3. The summed E-state index contributed by atoms with van der Waals surface area (Å²) in [7, 11) is 1.05. The largest absolute Gasteiger partial charge is 0.471 e. The van der Waals surface area contributed by atoms with Crippen LogP contribution < -0.4 is 4.90 Å². The first-order chi connectivity index (χ1) is 11.3. The molecule has 1 heterocycles. The lowest BCUT2D eigenvalue weighted by Gasteiger charge is -2.18. The molecule has 0 fully saturated rings. The van der Waals surface area contributed by atoms with Gasteiger partial charge in [0.15, 0.2) is 5.58 Å². The van der Waals surface area contributed by atoms with Crippen molar-refractivity contribution in [2.45, 2.75) is 6.18 Å². The summed E-state index contributed by atoms with van der Waals surface area (Å²) in [6.45, 7) is 0. The number of carbonyl (C=O) groups excluding carboxylic acids is 1. The Kier molecular flexibility index (Phi) is 3.96. The summed E-state index contributed by atoms with van der Waals surface area (Å²) < 4.78 is 43.2. The molecule has 0 atom stereocenters. The molecular weight excluding hydrogens is 345 g/mol. The molecule has 1 aromatic heterocycles. The molecule has 3 rings (SSSR count). The van der Waals surface area contributed by atoms with Gasteiger partial charge in [0, 0.05) is 12.7 Å². The fourth-order valence-electron chi connectivity index (χ4n) is 2.18. The van der Waals surface area contributed by atoms with Crippen LogP contribution in [0.25, 0.3) is 22.6 Å². The monoisotopic (exact) mass is 354 g/mol. The molecule has 0 unspecified atom stereocenters. The number of fused-ring (bicyclic) bond motifs is 1. The van der Waals surface area contributed by atoms with Crippen LogP contribution in [0.3, 0.4) is 0 Å². The Balaban J connectivity index is 2.01. The zero-order valence-electron chi connectivity index (χ0n) is 12.3. The van der Waals surface area contributed by atoms with E-state index in [4.69, 9.17) is 16.0 Å². The summed E-state index contributed by atoms with van der Waals surface area (Å²) in [5.74, 6) is -1.71. The van der Waals surface area contributed by atoms with E-state index >= 15 is 0 Å². The molecule has 3 aromatic rings. The first-order valence-electron chi connectivity index (χ1n) is 6.78. The lowest BCUT2D eigenvalue weighted by Crippen LogP contribution is -2.38. The Bertz CT molecular complexity index is 921. The van der Waals surface area contributed by atoms with E-state index < -0.39 is 12.1 Å². The molecule has 0 saturated heterocycles. The summed E-state index contributed by atoms with van der Waals surface area (Å²) >= 11 is 6.08. The Labute approximate surface area is 139 Å². The van der Waals surface area contributed by atoms with E-state index in [1.807, 2.05) is 0 Å². The highest BCUT2D eigenvalue weighted by Crippen LogP contribution is 2.31. The molecule has 124 valence electrons. The predicted octanol–water partition coefficient (Wildman–Crippen LogP) is 4.67. The molecule has 0 aliphatic heterocycles. The molecule has 0 N–H and O–H groups in total. The van der Waals surface area contributed by atoms with E-state index in [0.29, 0.717) is 26.6 Å². The average molecular weight is 355 g/mol. The number of hydrogen-bond donors (Lipinski definition) is 0. The zero-order chi connectivity index (χ0) is 17.5. The smallest absolute Gasteiger partial charge is 0.436 e. The van der Waals surface area contributed by atoms with Gasteiger partial charge in [-0.1, -0.05) is 23.7 Å². The van der Waals surface area contributed by atoms with Crippen molar-refractivity contribution in [2.24, 2.45) is 0 Å². The maximum Gasteiger partial charge on any atom is 0.471 e. The number of carbonyl (C=O) groups is 1. The van der Waals surface area contributed by atoms with Crippen LogP contribution in [0.4, 0.5) is 18.9 Å². The Morgan fingerprint density at radius 3 is 2.58 bits per heavy atom. The molecule has 4 nitrogen and oxygen atoms in total. The van der Waals surface area contributed by atoms with Crippen LogP contribution in [0.5, 0.6) is 0 Å². The van der Waals surface area contributed by atoms with Gasteiger partial charge in [-0.2, -0.15) is 13.2 Å². The Hall–Kier alpha value is -2.54. The van der Waals surface area contributed by atoms with Crippen LogP contribution in [-0.4, -0.2) is 24.1 Å². The predicted molar refractivity (Wildman–Crippen MR) is 83.9 cm³/mol. The number of amides is 1. The zero-order valence-corrected chi connectivity index (χ0v) is 13.0. The number of alkyl halides is 3. The number of oxazole rings is 1. The maximum atomic E-state index is 12.5. The number of rotatable bonds is 2. The number of halogens is 4. The van der Waals surface area contributed by atoms with Gasteiger partial charge in [0.1, 0.15) is 5.52 Å². The van der Waals surface area contributed by atoms with Gasteiger partial charge in [0.2, 0.25) is 5.89 Å². The maximum absolute atomic E-state index is 12.5. The quantitative estimate of drug-likeness (QED) is 0.671. The van der Waals surface area contributed by atoms with Gasteiger partial charge in [-0.25, -0.2) is 4.98 Å². The van der Waals surface area contributed by atoms with E-state index in [1.165, 1.54) is 18.2 Å². The summed E-state index contributed by atoms with van der Waals surface area (Å²) in [6, 6.07) is 11.1. The third kappa shape index (κ3) is 2.94. The minimum Gasteiger partial charge on any atom is -0.436 e. The fourth-order valence-corrected chi connectivity index (χ4v) is 2.40.